The molecule has 0 bridgehead atoms. The van der Waals surface area contributed by atoms with Crippen molar-refractivity contribution in [3.8, 4) is 33.8 Å². The average Bonchev–Trinajstić information content (AvgIpc) is 4.01. The van der Waals surface area contributed by atoms with E-state index in [0.717, 1.165) is 117 Å². The van der Waals surface area contributed by atoms with Gasteiger partial charge in [0.05, 0.1) is 17.1 Å². The van der Waals surface area contributed by atoms with E-state index < -0.39 is 0 Å². The van der Waals surface area contributed by atoms with Gasteiger partial charge < -0.3 is 23.4 Å². The number of aryl methyl sites for hydroxylation is 2. The summed E-state index contributed by atoms with van der Waals surface area (Å²) in [4.78, 5) is 4.58. The summed E-state index contributed by atoms with van der Waals surface area (Å²) < 4.78 is 20.3. The van der Waals surface area contributed by atoms with Crippen LogP contribution >= 0.6 is 0 Å². The molecule has 14 aromatic rings. The Labute approximate surface area is 420 Å². The molecule has 5 nitrogen and oxygen atoms in total. The molecule has 15 rings (SSSR count). The fourth-order valence-electron chi connectivity index (χ4n) is 11.6. The summed E-state index contributed by atoms with van der Waals surface area (Å²) in [6.45, 7) is 4.36. The van der Waals surface area contributed by atoms with Gasteiger partial charge >= 0.3 is 0 Å². The van der Waals surface area contributed by atoms with Gasteiger partial charge in [0.15, 0.2) is 11.2 Å². The van der Waals surface area contributed by atoms with Crippen molar-refractivity contribution in [2.45, 2.75) is 13.8 Å². The number of ether oxygens (including phenoxy) is 1. The maximum Gasteiger partial charge on any atom is 0.159 e. The molecule has 2 aromatic heterocycles. The summed E-state index contributed by atoms with van der Waals surface area (Å²) >= 11 is 0. The molecular formula is C68H44N2O3. The van der Waals surface area contributed by atoms with Crippen LogP contribution in [0.15, 0.2) is 239 Å². The highest BCUT2D eigenvalue weighted by molar-refractivity contribution is 6.26. The molecule has 344 valence electrons. The van der Waals surface area contributed by atoms with Gasteiger partial charge in [-0.25, -0.2) is 0 Å². The Balaban J connectivity index is 0.883. The van der Waals surface area contributed by atoms with Gasteiger partial charge in [0.1, 0.15) is 22.7 Å². The quantitative estimate of drug-likeness (QED) is 0.149. The molecule has 0 saturated carbocycles. The third-order valence-corrected chi connectivity index (χ3v) is 14.9. The van der Waals surface area contributed by atoms with E-state index in [0.29, 0.717) is 0 Å². The lowest BCUT2D eigenvalue weighted by Crippen LogP contribution is -2.10. The van der Waals surface area contributed by atoms with Gasteiger partial charge in [-0.2, -0.15) is 0 Å². The Morgan fingerprint density at radius 3 is 1.48 bits per heavy atom. The molecular weight excluding hydrogens is 893 g/mol. The predicted octanol–water partition coefficient (Wildman–Crippen LogP) is 19.9. The summed E-state index contributed by atoms with van der Waals surface area (Å²) in [6, 6.07) is 82.3. The van der Waals surface area contributed by atoms with Crippen LogP contribution < -0.4 is 14.5 Å². The first-order valence-electron chi connectivity index (χ1n) is 24.9. The van der Waals surface area contributed by atoms with Crippen LogP contribution in [0, 0.1) is 13.8 Å². The lowest BCUT2D eigenvalue weighted by molar-refractivity contribution is 0.487. The number of nitrogens with zero attached hydrogens (tertiary/aromatic N) is 2. The Morgan fingerprint density at radius 1 is 0.301 bits per heavy atom. The second kappa shape index (κ2) is 16.0. The molecule has 0 spiro atoms. The van der Waals surface area contributed by atoms with Gasteiger partial charge in [-0.05, 0) is 154 Å². The summed E-state index contributed by atoms with van der Waals surface area (Å²) in [5.74, 6) is 1.67. The molecule has 5 heteroatoms. The van der Waals surface area contributed by atoms with Crippen molar-refractivity contribution in [3.05, 3.63) is 242 Å². The molecule has 3 heterocycles. The molecule has 73 heavy (non-hydrogen) atoms. The second-order valence-electron chi connectivity index (χ2n) is 19.4. The van der Waals surface area contributed by atoms with Crippen molar-refractivity contribution in [1.82, 2.24) is 0 Å². The SMILES string of the molecule is Cc1ccc2c(-c3ccc(N(c4ccccc4)c4cccc5c4oc4ccccc45)cc3)cc3c4cc(C)cc5c4c(cc3c2c1)-c1ccc(N(c2ccccc2)c2cccc3c2oc2ccccc23)cc1O5. The third kappa shape index (κ3) is 6.42. The highest BCUT2D eigenvalue weighted by Crippen LogP contribution is 2.53. The molecule has 0 fully saturated rings. The van der Waals surface area contributed by atoms with Crippen LogP contribution in [-0.4, -0.2) is 0 Å². The summed E-state index contributed by atoms with van der Waals surface area (Å²) in [5, 5.41) is 11.5. The third-order valence-electron chi connectivity index (χ3n) is 14.9. The monoisotopic (exact) mass is 936 g/mol. The molecule has 0 amide bonds. The van der Waals surface area contributed by atoms with Gasteiger partial charge in [0.2, 0.25) is 0 Å². The Bertz CT molecular complexity index is 4550. The van der Waals surface area contributed by atoms with E-state index >= 15 is 0 Å². The van der Waals surface area contributed by atoms with Crippen LogP contribution in [0.5, 0.6) is 11.5 Å². The number of anilines is 6. The number of hydrogen-bond acceptors (Lipinski definition) is 5. The van der Waals surface area contributed by atoms with E-state index in [1.54, 1.807) is 0 Å². The number of benzene rings is 12. The molecule has 0 aliphatic carbocycles. The zero-order valence-corrected chi connectivity index (χ0v) is 40.1. The van der Waals surface area contributed by atoms with Gasteiger partial charge in [-0.1, -0.05) is 139 Å². The number of fused-ring (bicyclic) bond motifs is 12. The summed E-state index contributed by atoms with van der Waals surface area (Å²) in [6.07, 6.45) is 0. The maximum absolute atomic E-state index is 7.09. The molecule has 1 aliphatic rings. The van der Waals surface area contributed by atoms with Crippen molar-refractivity contribution in [1.29, 1.82) is 0 Å². The van der Waals surface area contributed by atoms with Gasteiger partial charge in [0.25, 0.3) is 0 Å². The van der Waals surface area contributed by atoms with Crippen LogP contribution in [0.4, 0.5) is 34.1 Å². The first-order chi connectivity index (χ1) is 36.0. The van der Waals surface area contributed by atoms with Crippen molar-refractivity contribution in [3.63, 3.8) is 0 Å². The van der Waals surface area contributed by atoms with E-state index in [4.69, 9.17) is 13.6 Å². The van der Waals surface area contributed by atoms with Crippen LogP contribution in [0.25, 0.3) is 98.4 Å². The maximum atomic E-state index is 7.09. The van der Waals surface area contributed by atoms with E-state index in [9.17, 15) is 0 Å². The minimum absolute atomic E-state index is 0.812. The first kappa shape index (κ1) is 41.2. The molecule has 12 aromatic carbocycles. The zero-order chi connectivity index (χ0) is 48.3. The van der Waals surface area contributed by atoms with Crippen LogP contribution in [-0.2, 0) is 0 Å². The first-order valence-corrected chi connectivity index (χ1v) is 24.9. The topological polar surface area (TPSA) is 42.0 Å². The standard InChI is InChI=1S/C68H44N2O3/c1-41-27-33-48-54(43-28-30-46(31-29-43)69(44-15-5-3-6-16-44)60-23-13-21-52-49-19-9-11-25-62(49)72-67(52)60)39-57-56(55(48)35-41)40-59-51-34-32-47(38-64(51)71-65-37-42(2)36-58(57)66(59)65)70(45-17-7-4-8-18-45)61-24-14-22-53-50-20-10-12-26-63(50)73-68(53)61/h3-40H,1-2H3. The second-order valence-corrected chi connectivity index (χ2v) is 19.4. The summed E-state index contributed by atoms with van der Waals surface area (Å²) in [5.41, 5.74) is 16.4. The Kier molecular flexibility index (Phi) is 9.02. The van der Waals surface area contributed by atoms with Gasteiger partial charge in [-0.15, -0.1) is 0 Å². The van der Waals surface area contributed by atoms with Gasteiger partial charge in [0, 0.05) is 55.6 Å². The number of rotatable bonds is 7. The minimum atomic E-state index is 0.812. The number of hydrogen-bond donors (Lipinski definition) is 0. The van der Waals surface area contributed by atoms with Gasteiger partial charge in [-0.3, -0.25) is 0 Å². The highest BCUT2D eigenvalue weighted by Gasteiger charge is 2.27. The summed E-state index contributed by atoms with van der Waals surface area (Å²) in [7, 11) is 0. The van der Waals surface area contributed by atoms with Crippen molar-refractivity contribution >= 4 is 110 Å². The van der Waals surface area contributed by atoms with Crippen LogP contribution in [0.3, 0.4) is 0 Å². The fourth-order valence-corrected chi connectivity index (χ4v) is 11.6. The highest BCUT2D eigenvalue weighted by atomic mass is 16.5. The van der Waals surface area contributed by atoms with E-state index in [2.05, 4.69) is 230 Å². The average molecular weight is 937 g/mol. The van der Waals surface area contributed by atoms with Crippen molar-refractivity contribution in [2.24, 2.45) is 0 Å². The number of furan rings is 2. The van der Waals surface area contributed by atoms with Crippen molar-refractivity contribution < 1.29 is 13.6 Å². The largest absolute Gasteiger partial charge is 0.456 e. The van der Waals surface area contributed by atoms with E-state index in [-0.39, 0.29) is 0 Å². The molecule has 0 unspecified atom stereocenters. The van der Waals surface area contributed by atoms with Crippen LogP contribution in [0.1, 0.15) is 11.1 Å². The minimum Gasteiger partial charge on any atom is -0.456 e. The molecule has 1 aliphatic heterocycles. The predicted molar refractivity (Wildman–Crippen MR) is 303 cm³/mol. The molecule has 0 atom stereocenters. The van der Waals surface area contributed by atoms with Crippen molar-refractivity contribution in [2.75, 3.05) is 9.80 Å². The molecule has 0 saturated heterocycles. The fraction of sp³-hybridized carbons (Fsp3) is 0.0294. The smallest absolute Gasteiger partial charge is 0.159 e. The normalized spacial score (nSPS) is 12.1. The van der Waals surface area contributed by atoms with E-state index in [1.165, 1.54) is 38.1 Å². The Hall–Kier alpha value is -9.58. The lowest BCUT2D eigenvalue weighted by atomic mass is 9.85. The molecule has 0 N–H and O–H groups in total. The Morgan fingerprint density at radius 2 is 0.822 bits per heavy atom. The van der Waals surface area contributed by atoms with E-state index in [1.807, 2.05) is 24.3 Å². The number of para-hydroxylation sites is 6. The van der Waals surface area contributed by atoms with Crippen LogP contribution in [0.2, 0.25) is 0 Å². The molecule has 0 radical (unpaired) electrons. The zero-order valence-electron chi connectivity index (χ0n) is 40.1. The lowest BCUT2D eigenvalue weighted by Gasteiger charge is -2.28.